The molecule has 4 heteroatoms. The smallest absolute Gasteiger partial charge is 0.224 e. The monoisotopic (exact) mass is 293 g/mol. The van der Waals surface area contributed by atoms with Crippen LogP contribution >= 0.6 is 11.8 Å². The van der Waals surface area contributed by atoms with Crippen LogP contribution in [0.25, 0.3) is 0 Å². The lowest BCUT2D eigenvalue weighted by Gasteiger charge is -2.20. The average molecular weight is 293 g/mol. The van der Waals surface area contributed by atoms with Gasteiger partial charge in [0.2, 0.25) is 5.91 Å². The van der Waals surface area contributed by atoms with Gasteiger partial charge in [-0.2, -0.15) is 11.8 Å². The summed E-state index contributed by atoms with van der Waals surface area (Å²) in [7, 11) is 1.64. The maximum absolute atomic E-state index is 12.2. The van der Waals surface area contributed by atoms with Gasteiger partial charge in [-0.05, 0) is 24.7 Å². The number of para-hydroxylation sites is 1. The lowest BCUT2D eigenvalue weighted by molar-refractivity contribution is -0.121. The van der Waals surface area contributed by atoms with Gasteiger partial charge in [0.15, 0.2) is 0 Å². The van der Waals surface area contributed by atoms with Crippen LogP contribution in [0.3, 0.4) is 0 Å². The van der Waals surface area contributed by atoms with Crippen LogP contribution in [0.1, 0.15) is 31.7 Å². The first-order chi connectivity index (χ1) is 9.74. The lowest BCUT2D eigenvalue weighted by atomic mass is 10.1. The minimum atomic E-state index is 0.100. The Hall–Kier alpha value is -1.16. The Morgan fingerprint density at radius 2 is 2.20 bits per heavy atom. The standard InChI is InChI=1S/C16H23NO2S/c1-3-20-15-10-6-8-13(15)17-16(18)11-12-7-4-5-9-14(12)19-2/h4-5,7,9,13,15H,3,6,8,10-11H2,1-2H3,(H,17,18)/t13-,15-/m1/s1. The number of nitrogens with one attached hydrogen (secondary N) is 1. The summed E-state index contributed by atoms with van der Waals surface area (Å²) < 4.78 is 5.29. The summed E-state index contributed by atoms with van der Waals surface area (Å²) in [6.07, 6.45) is 3.94. The van der Waals surface area contributed by atoms with Crippen LogP contribution in [-0.4, -0.2) is 30.1 Å². The normalized spacial score (nSPS) is 21.7. The van der Waals surface area contributed by atoms with E-state index in [1.807, 2.05) is 36.0 Å². The van der Waals surface area contributed by atoms with Gasteiger partial charge < -0.3 is 10.1 Å². The van der Waals surface area contributed by atoms with Crippen molar-refractivity contribution in [3.8, 4) is 5.75 Å². The maximum atomic E-state index is 12.2. The van der Waals surface area contributed by atoms with E-state index in [0.29, 0.717) is 17.7 Å². The molecule has 1 saturated carbocycles. The van der Waals surface area contributed by atoms with Gasteiger partial charge >= 0.3 is 0 Å². The highest BCUT2D eigenvalue weighted by molar-refractivity contribution is 7.99. The fourth-order valence-corrected chi connectivity index (χ4v) is 3.98. The molecule has 1 aliphatic carbocycles. The Morgan fingerprint density at radius 3 is 2.95 bits per heavy atom. The number of ether oxygens (including phenoxy) is 1. The SMILES string of the molecule is CCS[C@@H]1CCC[C@H]1NC(=O)Cc1ccccc1OC. The summed E-state index contributed by atoms with van der Waals surface area (Å²) in [6.45, 7) is 2.18. The van der Waals surface area contributed by atoms with E-state index in [0.717, 1.165) is 23.5 Å². The number of rotatable bonds is 6. The average Bonchev–Trinajstić information content (AvgIpc) is 2.87. The molecule has 0 spiro atoms. The Labute approximate surface area is 125 Å². The summed E-state index contributed by atoms with van der Waals surface area (Å²) >= 11 is 1.96. The molecule has 20 heavy (non-hydrogen) atoms. The molecule has 0 aliphatic heterocycles. The van der Waals surface area contributed by atoms with Crippen molar-refractivity contribution in [2.45, 2.75) is 43.9 Å². The van der Waals surface area contributed by atoms with Crippen LogP contribution in [0.15, 0.2) is 24.3 Å². The van der Waals surface area contributed by atoms with Crippen molar-refractivity contribution in [2.75, 3.05) is 12.9 Å². The van der Waals surface area contributed by atoms with Gasteiger partial charge in [0.05, 0.1) is 13.5 Å². The number of amides is 1. The Morgan fingerprint density at radius 1 is 1.40 bits per heavy atom. The zero-order valence-corrected chi connectivity index (χ0v) is 13.0. The van der Waals surface area contributed by atoms with E-state index in [2.05, 4.69) is 12.2 Å². The highest BCUT2D eigenvalue weighted by atomic mass is 32.2. The second-order valence-corrected chi connectivity index (χ2v) is 6.60. The Kier molecular flexibility index (Phi) is 5.77. The van der Waals surface area contributed by atoms with Crippen molar-refractivity contribution in [1.82, 2.24) is 5.32 Å². The largest absolute Gasteiger partial charge is 0.496 e. The first-order valence-electron chi connectivity index (χ1n) is 7.27. The predicted octanol–water partition coefficient (Wildman–Crippen LogP) is 3.03. The van der Waals surface area contributed by atoms with Gasteiger partial charge in [-0.25, -0.2) is 0 Å². The number of benzene rings is 1. The van der Waals surface area contributed by atoms with Gasteiger partial charge in [0.1, 0.15) is 5.75 Å². The van der Waals surface area contributed by atoms with E-state index in [1.54, 1.807) is 7.11 Å². The van der Waals surface area contributed by atoms with E-state index in [-0.39, 0.29) is 5.91 Å². The molecular weight excluding hydrogens is 270 g/mol. The van der Waals surface area contributed by atoms with Gasteiger partial charge in [0.25, 0.3) is 0 Å². The zero-order valence-electron chi connectivity index (χ0n) is 12.2. The molecule has 1 aromatic rings. The minimum Gasteiger partial charge on any atom is -0.496 e. The molecule has 1 amide bonds. The van der Waals surface area contributed by atoms with Crippen molar-refractivity contribution in [1.29, 1.82) is 0 Å². The summed E-state index contributed by atoms with van der Waals surface area (Å²) in [5, 5.41) is 3.78. The first-order valence-corrected chi connectivity index (χ1v) is 8.32. The van der Waals surface area contributed by atoms with Crippen LogP contribution in [-0.2, 0) is 11.2 Å². The summed E-state index contributed by atoms with van der Waals surface area (Å²) in [6, 6.07) is 8.04. The van der Waals surface area contributed by atoms with Crippen molar-refractivity contribution >= 4 is 17.7 Å². The molecule has 2 rings (SSSR count). The second-order valence-electron chi connectivity index (χ2n) is 5.09. The number of carbonyl (C=O) groups excluding carboxylic acids is 1. The summed E-state index contributed by atoms with van der Waals surface area (Å²) in [5.41, 5.74) is 0.949. The number of methoxy groups -OCH3 is 1. The molecule has 0 saturated heterocycles. The lowest BCUT2D eigenvalue weighted by Crippen LogP contribution is -2.39. The Bertz CT molecular complexity index is 450. The van der Waals surface area contributed by atoms with E-state index < -0.39 is 0 Å². The molecule has 1 N–H and O–H groups in total. The minimum absolute atomic E-state index is 0.100. The number of carbonyl (C=O) groups is 1. The predicted molar refractivity (Wildman–Crippen MR) is 84.4 cm³/mol. The molecule has 0 aromatic heterocycles. The molecule has 110 valence electrons. The molecule has 2 atom stereocenters. The molecule has 1 fully saturated rings. The molecule has 0 bridgehead atoms. The third-order valence-electron chi connectivity index (χ3n) is 3.72. The third-order valence-corrected chi connectivity index (χ3v) is 5.05. The van der Waals surface area contributed by atoms with Gasteiger partial charge in [-0.3, -0.25) is 4.79 Å². The number of thioether (sulfide) groups is 1. The topological polar surface area (TPSA) is 38.3 Å². The maximum Gasteiger partial charge on any atom is 0.224 e. The van der Waals surface area contributed by atoms with Crippen molar-refractivity contribution in [3.63, 3.8) is 0 Å². The van der Waals surface area contributed by atoms with E-state index in [9.17, 15) is 4.79 Å². The third kappa shape index (κ3) is 3.92. The fourth-order valence-electron chi connectivity index (χ4n) is 2.78. The van der Waals surface area contributed by atoms with Gasteiger partial charge in [0, 0.05) is 16.9 Å². The van der Waals surface area contributed by atoms with Gasteiger partial charge in [-0.15, -0.1) is 0 Å². The highest BCUT2D eigenvalue weighted by Gasteiger charge is 2.28. The number of hydrogen-bond acceptors (Lipinski definition) is 3. The number of hydrogen-bond donors (Lipinski definition) is 1. The van der Waals surface area contributed by atoms with Crippen LogP contribution in [0, 0.1) is 0 Å². The Balaban J connectivity index is 1.92. The van der Waals surface area contributed by atoms with Crippen molar-refractivity contribution < 1.29 is 9.53 Å². The van der Waals surface area contributed by atoms with Gasteiger partial charge in [-0.1, -0.05) is 31.5 Å². The fraction of sp³-hybridized carbons (Fsp3) is 0.562. The van der Waals surface area contributed by atoms with E-state index >= 15 is 0 Å². The quantitative estimate of drug-likeness (QED) is 0.876. The first kappa shape index (κ1) is 15.2. The summed E-state index contributed by atoms with van der Waals surface area (Å²) in [5.74, 6) is 2.00. The molecule has 1 aromatic carbocycles. The zero-order chi connectivity index (χ0) is 14.4. The van der Waals surface area contributed by atoms with E-state index in [4.69, 9.17) is 4.74 Å². The van der Waals surface area contributed by atoms with E-state index in [1.165, 1.54) is 12.8 Å². The molecule has 0 heterocycles. The van der Waals surface area contributed by atoms with Crippen molar-refractivity contribution in [2.24, 2.45) is 0 Å². The molecule has 0 radical (unpaired) electrons. The van der Waals surface area contributed by atoms with Crippen LogP contribution in [0.5, 0.6) is 5.75 Å². The second kappa shape index (κ2) is 7.58. The molecule has 3 nitrogen and oxygen atoms in total. The van der Waals surface area contributed by atoms with Crippen LogP contribution in [0.2, 0.25) is 0 Å². The van der Waals surface area contributed by atoms with Crippen molar-refractivity contribution in [3.05, 3.63) is 29.8 Å². The molecule has 1 aliphatic rings. The summed E-state index contributed by atoms with van der Waals surface area (Å²) in [4.78, 5) is 12.2. The van der Waals surface area contributed by atoms with Crippen LogP contribution in [0.4, 0.5) is 0 Å². The highest BCUT2D eigenvalue weighted by Crippen LogP contribution is 2.30. The van der Waals surface area contributed by atoms with Crippen LogP contribution < -0.4 is 10.1 Å². The molecule has 0 unspecified atom stereocenters. The molecular formula is C16H23NO2S.